The van der Waals surface area contributed by atoms with Crippen molar-refractivity contribution < 1.29 is 14.3 Å². The molecule has 2 aliphatic rings. The van der Waals surface area contributed by atoms with E-state index in [1.54, 1.807) is 4.90 Å². The molecule has 18 heavy (non-hydrogen) atoms. The lowest BCUT2D eigenvalue weighted by Gasteiger charge is -2.35. The fourth-order valence-corrected chi connectivity index (χ4v) is 2.48. The maximum absolute atomic E-state index is 12.4. The molecule has 0 aromatic rings. The van der Waals surface area contributed by atoms with Gasteiger partial charge in [0.05, 0.1) is 19.1 Å². The summed E-state index contributed by atoms with van der Waals surface area (Å²) in [4.78, 5) is 26.0. The third-order valence-electron chi connectivity index (χ3n) is 3.47. The van der Waals surface area contributed by atoms with Crippen molar-refractivity contribution in [3.05, 3.63) is 0 Å². The summed E-state index contributed by atoms with van der Waals surface area (Å²) in [5.74, 6) is -0.0175. The van der Waals surface area contributed by atoms with Gasteiger partial charge in [-0.2, -0.15) is 0 Å². The van der Waals surface area contributed by atoms with Crippen LogP contribution in [0.25, 0.3) is 0 Å². The highest BCUT2D eigenvalue weighted by atomic mass is 16.5. The maximum Gasteiger partial charge on any atom is 0.245 e. The van der Waals surface area contributed by atoms with E-state index in [0.717, 1.165) is 19.5 Å². The molecule has 0 aromatic heterocycles. The van der Waals surface area contributed by atoms with Crippen molar-refractivity contribution in [2.24, 2.45) is 5.92 Å². The third-order valence-corrected chi connectivity index (χ3v) is 3.47. The van der Waals surface area contributed by atoms with Crippen LogP contribution in [-0.2, 0) is 14.3 Å². The molecule has 2 N–H and O–H groups in total. The number of likely N-dealkylation sites (N-methyl/N-ethyl adjacent to an activating group) is 1. The van der Waals surface area contributed by atoms with Crippen LogP contribution in [0.2, 0.25) is 0 Å². The van der Waals surface area contributed by atoms with E-state index >= 15 is 0 Å². The van der Waals surface area contributed by atoms with Crippen LogP contribution in [-0.4, -0.2) is 62.1 Å². The van der Waals surface area contributed by atoms with E-state index in [4.69, 9.17) is 4.74 Å². The summed E-state index contributed by atoms with van der Waals surface area (Å²) in [6.45, 7) is 5.37. The molecule has 2 unspecified atom stereocenters. The van der Waals surface area contributed by atoms with Gasteiger partial charge >= 0.3 is 0 Å². The first kappa shape index (κ1) is 13.3. The van der Waals surface area contributed by atoms with E-state index in [9.17, 15) is 9.59 Å². The van der Waals surface area contributed by atoms with Crippen molar-refractivity contribution in [1.82, 2.24) is 15.5 Å². The quantitative estimate of drug-likeness (QED) is 0.676. The van der Waals surface area contributed by atoms with Crippen molar-refractivity contribution >= 4 is 11.8 Å². The van der Waals surface area contributed by atoms with Crippen LogP contribution in [0.4, 0.5) is 0 Å². The summed E-state index contributed by atoms with van der Waals surface area (Å²) in [5.41, 5.74) is 0. The van der Waals surface area contributed by atoms with Gasteiger partial charge in [-0.3, -0.25) is 9.59 Å². The molecule has 6 heteroatoms. The molecule has 0 spiro atoms. The highest BCUT2D eigenvalue weighted by Crippen LogP contribution is 2.16. The highest BCUT2D eigenvalue weighted by Gasteiger charge is 2.36. The Hall–Kier alpha value is -1.14. The monoisotopic (exact) mass is 255 g/mol. The van der Waals surface area contributed by atoms with Gasteiger partial charge in [-0.1, -0.05) is 0 Å². The second-order valence-electron chi connectivity index (χ2n) is 4.71. The van der Waals surface area contributed by atoms with E-state index in [2.05, 4.69) is 10.6 Å². The van der Waals surface area contributed by atoms with Crippen molar-refractivity contribution in [3.8, 4) is 0 Å². The largest absolute Gasteiger partial charge is 0.377 e. The Bertz CT molecular complexity index is 316. The molecule has 2 saturated heterocycles. The Labute approximate surface area is 107 Å². The summed E-state index contributed by atoms with van der Waals surface area (Å²) in [6, 6.07) is -0.466. The smallest absolute Gasteiger partial charge is 0.245 e. The minimum absolute atomic E-state index is 0.0139. The molecular weight excluding hydrogens is 234 g/mol. The zero-order chi connectivity index (χ0) is 13.0. The van der Waals surface area contributed by atoms with Crippen LogP contribution < -0.4 is 10.6 Å². The van der Waals surface area contributed by atoms with E-state index in [1.165, 1.54) is 0 Å². The van der Waals surface area contributed by atoms with Crippen LogP contribution in [0, 0.1) is 5.92 Å². The number of carbonyl (C=O) groups excluding carboxylic acids is 2. The molecule has 0 radical (unpaired) electrons. The van der Waals surface area contributed by atoms with Gasteiger partial charge in [-0.25, -0.2) is 0 Å². The third kappa shape index (κ3) is 2.81. The molecule has 0 saturated carbocycles. The summed E-state index contributed by atoms with van der Waals surface area (Å²) in [6.07, 6.45) is 0.859. The van der Waals surface area contributed by atoms with Crippen LogP contribution >= 0.6 is 0 Å². The van der Waals surface area contributed by atoms with Crippen molar-refractivity contribution in [2.75, 3.05) is 39.4 Å². The zero-order valence-corrected chi connectivity index (χ0v) is 10.8. The van der Waals surface area contributed by atoms with Crippen molar-refractivity contribution in [3.63, 3.8) is 0 Å². The molecule has 2 fully saturated rings. The molecule has 0 aromatic carbocycles. The van der Waals surface area contributed by atoms with Gasteiger partial charge in [0.1, 0.15) is 6.04 Å². The van der Waals surface area contributed by atoms with Crippen molar-refractivity contribution in [2.45, 2.75) is 19.4 Å². The van der Waals surface area contributed by atoms with E-state index in [-0.39, 0.29) is 17.7 Å². The Balaban J connectivity index is 2.02. The second kappa shape index (κ2) is 6.15. The predicted molar refractivity (Wildman–Crippen MR) is 66.0 cm³/mol. The van der Waals surface area contributed by atoms with Crippen LogP contribution in [0.3, 0.4) is 0 Å². The first-order chi connectivity index (χ1) is 8.74. The number of hydrogen-bond donors (Lipinski definition) is 2. The summed E-state index contributed by atoms with van der Waals surface area (Å²) in [7, 11) is 0. The molecule has 0 aliphatic carbocycles. The molecule has 0 bridgehead atoms. The minimum Gasteiger partial charge on any atom is -0.377 e. The molecule has 2 heterocycles. The summed E-state index contributed by atoms with van der Waals surface area (Å²) in [5, 5.41) is 5.94. The molecule has 2 amide bonds. The molecular formula is C12H21N3O3. The topological polar surface area (TPSA) is 70.7 Å². The zero-order valence-electron chi connectivity index (χ0n) is 10.8. The second-order valence-corrected chi connectivity index (χ2v) is 4.71. The lowest BCUT2D eigenvalue weighted by molar-refractivity contribution is -0.151. The first-order valence-electron chi connectivity index (χ1n) is 6.60. The predicted octanol–water partition coefficient (Wildman–Crippen LogP) is -1.04. The van der Waals surface area contributed by atoms with Crippen LogP contribution in [0.5, 0.6) is 0 Å². The molecule has 2 rings (SSSR count). The fraction of sp³-hybridized carbons (Fsp3) is 0.833. The fourth-order valence-electron chi connectivity index (χ4n) is 2.48. The number of morpholine rings is 1. The lowest BCUT2D eigenvalue weighted by atomic mass is 10.1. The van der Waals surface area contributed by atoms with Gasteiger partial charge in [-0.15, -0.1) is 0 Å². The SMILES string of the molecule is CCNC(=O)C1COCCN1C(=O)C1CCNC1. The van der Waals surface area contributed by atoms with Crippen LogP contribution in [0.1, 0.15) is 13.3 Å². The average molecular weight is 255 g/mol. The Morgan fingerprint density at radius 2 is 2.33 bits per heavy atom. The van der Waals surface area contributed by atoms with Gasteiger partial charge in [0.25, 0.3) is 0 Å². The molecule has 2 atom stereocenters. The van der Waals surface area contributed by atoms with Crippen LogP contribution in [0.15, 0.2) is 0 Å². The van der Waals surface area contributed by atoms with Gasteiger partial charge in [0.2, 0.25) is 11.8 Å². The Morgan fingerprint density at radius 1 is 1.50 bits per heavy atom. The Kier molecular flexibility index (Phi) is 4.54. The Morgan fingerprint density at radius 3 is 3.00 bits per heavy atom. The first-order valence-corrected chi connectivity index (χ1v) is 6.60. The molecule has 102 valence electrons. The summed E-state index contributed by atoms with van der Waals surface area (Å²) >= 11 is 0. The number of ether oxygens (including phenoxy) is 1. The van der Waals surface area contributed by atoms with Gasteiger partial charge in [-0.05, 0) is 19.9 Å². The normalized spacial score (nSPS) is 28.2. The van der Waals surface area contributed by atoms with Gasteiger partial charge in [0, 0.05) is 19.6 Å². The standard InChI is InChI=1S/C12H21N3O3/c1-2-14-11(16)10-8-18-6-5-15(10)12(17)9-3-4-13-7-9/h9-10,13H,2-8H2,1H3,(H,14,16). The van der Waals surface area contributed by atoms with E-state index < -0.39 is 6.04 Å². The highest BCUT2D eigenvalue weighted by molar-refractivity contribution is 5.89. The summed E-state index contributed by atoms with van der Waals surface area (Å²) < 4.78 is 5.32. The number of carbonyl (C=O) groups is 2. The average Bonchev–Trinajstić information content (AvgIpc) is 2.92. The number of nitrogens with one attached hydrogen (secondary N) is 2. The van der Waals surface area contributed by atoms with Crippen molar-refractivity contribution in [1.29, 1.82) is 0 Å². The lowest BCUT2D eigenvalue weighted by Crippen LogP contribution is -2.57. The number of amides is 2. The van der Waals surface area contributed by atoms with E-state index in [0.29, 0.717) is 26.3 Å². The van der Waals surface area contributed by atoms with E-state index in [1.807, 2.05) is 6.92 Å². The maximum atomic E-state index is 12.4. The number of nitrogens with zero attached hydrogens (tertiary/aromatic N) is 1. The minimum atomic E-state index is -0.466. The molecule has 6 nitrogen and oxygen atoms in total. The molecule has 2 aliphatic heterocycles. The number of hydrogen-bond acceptors (Lipinski definition) is 4. The van der Waals surface area contributed by atoms with Gasteiger partial charge in [0.15, 0.2) is 0 Å². The number of rotatable bonds is 3. The van der Waals surface area contributed by atoms with Gasteiger partial charge < -0.3 is 20.3 Å².